The Morgan fingerprint density at radius 1 is 1.21 bits per heavy atom. The van der Waals surface area contributed by atoms with Gasteiger partial charge in [0.2, 0.25) is 0 Å². The second kappa shape index (κ2) is 6.83. The number of hydrogen-bond acceptors (Lipinski definition) is 4. The third kappa shape index (κ3) is 4.56. The van der Waals surface area contributed by atoms with Crippen LogP contribution < -0.4 is 0 Å². The summed E-state index contributed by atoms with van der Waals surface area (Å²) < 4.78 is 27.0. The van der Waals surface area contributed by atoms with E-state index >= 15 is 0 Å². The minimum absolute atomic E-state index is 0.125. The highest BCUT2D eigenvalue weighted by molar-refractivity contribution is 7.91. The summed E-state index contributed by atoms with van der Waals surface area (Å²) in [6, 6.07) is 1.56. The molecule has 1 rings (SSSR count). The molecule has 0 radical (unpaired) electrons. The molecule has 4 nitrogen and oxygen atoms in total. The molecule has 0 aliphatic heterocycles. The van der Waals surface area contributed by atoms with Gasteiger partial charge in [0.25, 0.3) is 10.0 Å². The zero-order valence-corrected chi connectivity index (χ0v) is 13.6. The fourth-order valence-electron chi connectivity index (χ4n) is 1.78. The maximum atomic E-state index is 12.6. The molecule has 0 bridgehead atoms. The van der Waals surface area contributed by atoms with Crippen LogP contribution in [0.5, 0.6) is 0 Å². The molecule has 0 amide bonds. The summed E-state index contributed by atoms with van der Waals surface area (Å²) in [6.45, 7) is 8.96. The summed E-state index contributed by atoms with van der Waals surface area (Å²) in [7, 11) is -3.44. The van der Waals surface area contributed by atoms with Gasteiger partial charge in [-0.15, -0.1) is 11.3 Å². The molecule has 0 aromatic carbocycles. The summed E-state index contributed by atoms with van der Waals surface area (Å²) >= 11 is 1.17. The average molecular weight is 305 g/mol. The predicted octanol–water partition coefficient (Wildman–Crippen LogP) is 2.54. The number of aliphatic hydroxyl groups is 1. The van der Waals surface area contributed by atoms with Gasteiger partial charge in [0.05, 0.1) is 6.61 Å². The number of aliphatic hydroxyl groups excluding tert-OH is 1. The first-order valence-corrected chi connectivity index (χ1v) is 8.77. The summed E-state index contributed by atoms with van der Waals surface area (Å²) in [6.07, 6.45) is 0. The molecule has 0 unspecified atom stereocenters. The highest BCUT2D eigenvalue weighted by atomic mass is 32.2. The maximum absolute atomic E-state index is 12.6. The number of rotatable bonds is 7. The van der Waals surface area contributed by atoms with E-state index in [0.29, 0.717) is 22.9 Å². The van der Waals surface area contributed by atoms with E-state index in [1.807, 2.05) is 27.7 Å². The molecule has 0 aliphatic rings. The van der Waals surface area contributed by atoms with Crippen LogP contribution in [-0.2, 0) is 16.6 Å². The second-order valence-corrected chi connectivity index (χ2v) is 8.62. The van der Waals surface area contributed by atoms with Crippen LogP contribution in [-0.4, -0.2) is 30.9 Å². The maximum Gasteiger partial charge on any atom is 0.252 e. The van der Waals surface area contributed by atoms with Crippen LogP contribution in [0.15, 0.2) is 15.7 Å². The molecule has 110 valence electrons. The Morgan fingerprint density at radius 3 is 2.11 bits per heavy atom. The number of hydrogen-bond donors (Lipinski definition) is 1. The van der Waals surface area contributed by atoms with Gasteiger partial charge >= 0.3 is 0 Å². The lowest BCUT2D eigenvalue weighted by molar-refractivity contribution is 0.282. The molecule has 0 saturated carbocycles. The zero-order valence-electron chi connectivity index (χ0n) is 12.0. The van der Waals surface area contributed by atoms with E-state index in [1.165, 1.54) is 11.3 Å². The first-order chi connectivity index (χ1) is 8.77. The van der Waals surface area contributed by atoms with Gasteiger partial charge in [-0.25, -0.2) is 8.42 Å². The molecule has 0 aliphatic carbocycles. The normalized spacial score (nSPS) is 12.8. The Balaban J connectivity index is 3.03. The van der Waals surface area contributed by atoms with Crippen LogP contribution >= 0.6 is 11.3 Å². The topological polar surface area (TPSA) is 57.6 Å². The van der Waals surface area contributed by atoms with Crippen molar-refractivity contribution in [3.8, 4) is 0 Å². The van der Waals surface area contributed by atoms with E-state index < -0.39 is 10.0 Å². The van der Waals surface area contributed by atoms with Gasteiger partial charge in [-0.3, -0.25) is 0 Å². The van der Waals surface area contributed by atoms with Crippen molar-refractivity contribution in [2.45, 2.75) is 38.5 Å². The largest absolute Gasteiger partial charge is 0.392 e. The molecule has 6 heteroatoms. The van der Waals surface area contributed by atoms with E-state index in [9.17, 15) is 8.42 Å². The van der Waals surface area contributed by atoms with Crippen molar-refractivity contribution in [2.24, 2.45) is 11.8 Å². The van der Waals surface area contributed by atoms with Gasteiger partial charge < -0.3 is 5.11 Å². The van der Waals surface area contributed by atoms with Crippen LogP contribution in [0, 0.1) is 11.8 Å². The Kier molecular flexibility index (Phi) is 5.98. The van der Waals surface area contributed by atoms with Crippen molar-refractivity contribution in [2.75, 3.05) is 13.1 Å². The van der Waals surface area contributed by atoms with Crippen LogP contribution in [0.3, 0.4) is 0 Å². The van der Waals surface area contributed by atoms with Crippen molar-refractivity contribution >= 4 is 21.4 Å². The molecule has 0 saturated heterocycles. The van der Waals surface area contributed by atoms with Crippen LogP contribution in [0.2, 0.25) is 0 Å². The van der Waals surface area contributed by atoms with Crippen LogP contribution in [0.4, 0.5) is 0 Å². The SMILES string of the molecule is CC(C)CN(CC(C)C)S(=O)(=O)c1cc(CO)cs1. The Bertz CT molecular complexity index is 482. The lowest BCUT2D eigenvalue weighted by Gasteiger charge is -2.24. The summed E-state index contributed by atoms with van der Waals surface area (Å²) in [4.78, 5) is 0. The number of thiophene rings is 1. The summed E-state index contributed by atoms with van der Waals surface area (Å²) in [5.74, 6) is 0.566. The fraction of sp³-hybridized carbons (Fsp3) is 0.692. The van der Waals surface area contributed by atoms with Gasteiger partial charge in [-0.05, 0) is 28.8 Å². The standard InChI is InChI=1S/C13H23NO3S2/c1-10(2)6-14(7-11(3)4)19(16,17)13-5-12(8-15)9-18-13/h5,9-11,15H,6-8H2,1-4H3. The Labute approximate surface area is 120 Å². The number of sulfonamides is 1. The fourth-order valence-corrected chi connectivity index (χ4v) is 4.90. The zero-order chi connectivity index (χ0) is 14.6. The van der Waals surface area contributed by atoms with Gasteiger partial charge in [-0.2, -0.15) is 4.31 Å². The summed E-state index contributed by atoms with van der Waals surface area (Å²) in [5.41, 5.74) is 0.651. The van der Waals surface area contributed by atoms with Gasteiger partial charge in [-0.1, -0.05) is 27.7 Å². The number of nitrogens with zero attached hydrogens (tertiary/aromatic N) is 1. The van der Waals surface area contributed by atoms with E-state index in [2.05, 4.69) is 0 Å². The molecule has 1 aromatic rings. The Hall–Kier alpha value is -0.430. The van der Waals surface area contributed by atoms with Gasteiger partial charge in [0, 0.05) is 13.1 Å². The van der Waals surface area contributed by atoms with E-state index in [4.69, 9.17) is 5.11 Å². The molecule has 0 fully saturated rings. The minimum atomic E-state index is -3.44. The highest BCUT2D eigenvalue weighted by Gasteiger charge is 2.27. The summed E-state index contributed by atoms with van der Waals surface area (Å²) in [5, 5.41) is 10.7. The predicted molar refractivity (Wildman–Crippen MR) is 78.7 cm³/mol. The molecular weight excluding hydrogens is 282 g/mol. The molecular formula is C13H23NO3S2. The Morgan fingerprint density at radius 2 is 1.74 bits per heavy atom. The first kappa shape index (κ1) is 16.6. The van der Waals surface area contributed by atoms with E-state index in [-0.39, 0.29) is 18.4 Å². The molecule has 1 heterocycles. The van der Waals surface area contributed by atoms with Crippen molar-refractivity contribution in [1.82, 2.24) is 4.31 Å². The second-order valence-electron chi connectivity index (χ2n) is 5.54. The monoisotopic (exact) mass is 305 g/mol. The first-order valence-electron chi connectivity index (χ1n) is 6.45. The third-order valence-electron chi connectivity index (χ3n) is 2.54. The molecule has 1 aromatic heterocycles. The smallest absolute Gasteiger partial charge is 0.252 e. The van der Waals surface area contributed by atoms with Crippen molar-refractivity contribution < 1.29 is 13.5 Å². The molecule has 1 N–H and O–H groups in total. The van der Waals surface area contributed by atoms with Crippen molar-refractivity contribution in [3.05, 3.63) is 17.0 Å². The van der Waals surface area contributed by atoms with Crippen molar-refractivity contribution in [1.29, 1.82) is 0 Å². The van der Waals surface area contributed by atoms with Crippen LogP contribution in [0.1, 0.15) is 33.3 Å². The molecule has 19 heavy (non-hydrogen) atoms. The lowest BCUT2D eigenvalue weighted by Crippen LogP contribution is -2.36. The average Bonchev–Trinajstić information content (AvgIpc) is 2.75. The van der Waals surface area contributed by atoms with Gasteiger partial charge in [0.1, 0.15) is 4.21 Å². The van der Waals surface area contributed by atoms with E-state index in [0.717, 1.165) is 0 Å². The van der Waals surface area contributed by atoms with Gasteiger partial charge in [0.15, 0.2) is 0 Å². The highest BCUT2D eigenvalue weighted by Crippen LogP contribution is 2.25. The van der Waals surface area contributed by atoms with E-state index in [1.54, 1.807) is 15.8 Å². The quantitative estimate of drug-likeness (QED) is 0.842. The van der Waals surface area contributed by atoms with Crippen LogP contribution in [0.25, 0.3) is 0 Å². The third-order valence-corrected chi connectivity index (χ3v) is 5.84. The lowest BCUT2D eigenvalue weighted by atomic mass is 10.2. The molecule has 0 spiro atoms. The minimum Gasteiger partial charge on any atom is -0.392 e. The molecule has 0 atom stereocenters. The van der Waals surface area contributed by atoms with Crippen molar-refractivity contribution in [3.63, 3.8) is 0 Å².